The topological polar surface area (TPSA) is 94.5 Å². The van der Waals surface area contributed by atoms with Gasteiger partial charge in [0.25, 0.3) is 5.56 Å². The Bertz CT molecular complexity index is 1360. The van der Waals surface area contributed by atoms with Gasteiger partial charge in [0, 0.05) is 36.4 Å². The van der Waals surface area contributed by atoms with Crippen molar-refractivity contribution in [1.82, 2.24) is 25.1 Å². The highest BCUT2D eigenvalue weighted by molar-refractivity contribution is 7.18. The summed E-state index contributed by atoms with van der Waals surface area (Å²) in [5, 5.41) is 4.79. The minimum atomic E-state index is -0.191. The van der Waals surface area contributed by atoms with Crippen LogP contribution in [-0.2, 0) is 11.3 Å². The number of aromatic nitrogens is 2. The van der Waals surface area contributed by atoms with Gasteiger partial charge >= 0.3 is 0 Å². The average Bonchev–Trinajstić information content (AvgIpc) is 3.36. The van der Waals surface area contributed by atoms with E-state index in [1.807, 2.05) is 51.1 Å². The quantitative estimate of drug-likeness (QED) is 0.441. The highest BCUT2D eigenvalue weighted by atomic mass is 32.1. The summed E-state index contributed by atoms with van der Waals surface area (Å²) in [7, 11) is 0. The van der Waals surface area contributed by atoms with Crippen LogP contribution in [0, 0.1) is 13.8 Å². The Labute approximate surface area is 201 Å². The van der Waals surface area contributed by atoms with Gasteiger partial charge in [0.15, 0.2) is 0 Å². The number of aromatic amines is 1. The van der Waals surface area contributed by atoms with Crippen molar-refractivity contribution in [2.24, 2.45) is 0 Å². The van der Waals surface area contributed by atoms with Crippen molar-refractivity contribution in [3.8, 4) is 0 Å². The van der Waals surface area contributed by atoms with Gasteiger partial charge in [0.05, 0.1) is 24.5 Å². The molecule has 8 nitrogen and oxygen atoms in total. The van der Waals surface area contributed by atoms with Crippen molar-refractivity contribution in [1.29, 1.82) is 0 Å². The standard InChI is InChI=1S/C25H29N5O3S/c1-15-17(3)34-25-23(15)24(32)27-21(28-25)13-29-8-10-30(11-9-29)14-22(31)26-16(2)20-12-18-6-4-5-7-19(18)33-20/h4-7,12,16H,8-11,13-14H2,1-3H3,(H,26,31)(H,27,28,32)/t16-/m1/s1. The van der Waals surface area contributed by atoms with Gasteiger partial charge in [-0.2, -0.15) is 0 Å². The first-order valence-corrected chi connectivity index (χ1v) is 12.4. The van der Waals surface area contributed by atoms with Crippen LogP contribution < -0.4 is 10.9 Å². The maximum absolute atomic E-state index is 12.6. The highest BCUT2D eigenvalue weighted by Crippen LogP contribution is 2.26. The molecule has 1 atom stereocenters. The second-order valence-corrected chi connectivity index (χ2v) is 10.2. The lowest BCUT2D eigenvalue weighted by molar-refractivity contribution is -0.123. The first-order valence-electron chi connectivity index (χ1n) is 11.6. The van der Waals surface area contributed by atoms with Crippen molar-refractivity contribution in [2.75, 3.05) is 32.7 Å². The Morgan fingerprint density at radius 3 is 2.71 bits per heavy atom. The van der Waals surface area contributed by atoms with E-state index in [1.54, 1.807) is 11.3 Å². The van der Waals surface area contributed by atoms with E-state index in [0.717, 1.165) is 58.2 Å². The number of benzene rings is 1. The fourth-order valence-electron chi connectivity index (χ4n) is 4.47. The molecule has 1 aliphatic heterocycles. The Kier molecular flexibility index (Phi) is 6.24. The number of nitrogens with one attached hydrogen (secondary N) is 2. The van der Waals surface area contributed by atoms with E-state index in [-0.39, 0.29) is 17.5 Å². The number of nitrogens with zero attached hydrogens (tertiary/aromatic N) is 3. The second kappa shape index (κ2) is 9.32. The number of para-hydroxylation sites is 1. The van der Waals surface area contributed by atoms with Crippen LogP contribution in [0.25, 0.3) is 21.2 Å². The maximum atomic E-state index is 12.6. The Balaban J connectivity index is 1.13. The number of carbonyl (C=O) groups excluding carboxylic acids is 1. The summed E-state index contributed by atoms with van der Waals surface area (Å²) >= 11 is 1.57. The SMILES string of the molecule is Cc1sc2nc(CN3CCN(CC(=O)N[C@H](C)c4cc5ccccc5o4)CC3)[nH]c(=O)c2c1C. The van der Waals surface area contributed by atoms with E-state index in [9.17, 15) is 9.59 Å². The predicted molar refractivity (Wildman–Crippen MR) is 134 cm³/mol. The average molecular weight is 480 g/mol. The van der Waals surface area contributed by atoms with E-state index in [1.165, 1.54) is 0 Å². The molecule has 34 heavy (non-hydrogen) atoms. The third-order valence-corrected chi connectivity index (χ3v) is 7.64. The summed E-state index contributed by atoms with van der Waals surface area (Å²) in [5.74, 6) is 1.44. The Hall–Kier alpha value is -3.01. The number of rotatable bonds is 6. The van der Waals surface area contributed by atoms with Crippen LogP contribution in [0.3, 0.4) is 0 Å². The van der Waals surface area contributed by atoms with Crippen LogP contribution >= 0.6 is 11.3 Å². The van der Waals surface area contributed by atoms with Gasteiger partial charge in [0.2, 0.25) is 5.91 Å². The minimum absolute atomic E-state index is 0.0127. The number of fused-ring (bicyclic) bond motifs is 2. The first-order chi connectivity index (χ1) is 16.4. The Morgan fingerprint density at radius 1 is 1.21 bits per heavy atom. The van der Waals surface area contributed by atoms with Crippen LogP contribution in [0.1, 0.15) is 35.0 Å². The molecule has 1 aliphatic rings. The van der Waals surface area contributed by atoms with Crippen molar-refractivity contribution >= 4 is 38.4 Å². The molecule has 4 aromatic rings. The van der Waals surface area contributed by atoms with Gasteiger partial charge in [-0.3, -0.25) is 19.4 Å². The molecule has 9 heteroatoms. The number of amides is 1. The molecule has 0 unspecified atom stereocenters. The summed E-state index contributed by atoms with van der Waals surface area (Å²) in [5.41, 5.74) is 1.78. The fraction of sp³-hybridized carbons (Fsp3) is 0.400. The van der Waals surface area contributed by atoms with Crippen LogP contribution in [0.15, 0.2) is 39.5 Å². The molecule has 178 valence electrons. The highest BCUT2D eigenvalue weighted by Gasteiger charge is 2.22. The van der Waals surface area contributed by atoms with Gasteiger partial charge in [0.1, 0.15) is 22.0 Å². The molecule has 0 aliphatic carbocycles. The van der Waals surface area contributed by atoms with Crippen molar-refractivity contribution < 1.29 is 9.21 Å². The number of H-pyrrole nitrogens is 1. The zero-order valence-electron chi connectivity index (χ0n) is 19.7. The van der Waals surface area contributed by atoms with Gasteiger partial charge in [-0.05, 0) is 38.5 Å². The number of furan rings is 1. The fourth-order valence-corrected chi connectivity index (χ4v) is 5.52. The van der Waals surface area contributed by atoms with Crippen LogP contribution in [-0.4, -0.2) is 58.4 Å². The molecule has 3 aromatic heterocycles. The molecule has 1 amide bonds. The molecule has 0 bridgehead atoms. The number of aryl methyl sites for hydroxylation is 2. The molecule has 2 N–H and O–H groups in total. The normalized spacial score (nSPS) is 16.3. The second-order valence-electron chi connectivity index (χ2n) is 9.00. The lowest BCUT2D eigenvalue weighted by Crippen LogP contribution is -2.49. The number of piperazine rings is 1. The summed E-state index contributed by atoms with van der Waals surface area (Å²) in [4.78, 5) is 39.1. The number of hydrogen-bond donors (Lipinski definition) is 2. The number of carbonyl (C=O) groups is 1. The molecule has 0 saturated carbocycles. The molecular formula is C25H29N5O3S. The lowest BCUT2D eigenvalue weighted by Gasteiger charge is -2.34. The summed E-state index contributed by atoms with van der Waals surface area (Å²) in [6.07, 6.45) is 0. The summed E-state index contributed by atoms with van der Waals surface area (Å²) < 4.78 is 5.87. The van der Waals surface area contributed by atoms with Gasteiger partial charge < -0.3 is 14.7 Å². The van der Waals surface area contributed by atoms with E-state index < -0.39 is 0 Å². The number of hydrogen-bond acceptors (Lipinski definition) is 7. The predicted octanol–water partition coefficient (Wildman–Crippen LogP) is 3.34. The number of thiophene rings is 1. The van der Waals surface area contributed by atoms with E-state index in [2.05, 4.69) is 20.1 Å². The Morgan fingerprint density at radius 2 is 1.94 bits per heavy atom. The maximum Gasteiger partial charge on any atom is 0.259 e. The molecule has 1 saturated heterocycles. The minimum Gasteiger partial charge on any atom is -0.459 e. The monoisotopic (exact) mass is 479 g/mol. The third kappa shape index (κ3) is 4.64. The third-order valence-electron chi connectivity index (χ3n) is 6.54. The molecular weight excluding hydrogens is 450 g/mol. The smallest absolute Gasteiger partial charge is 0.259 e. The van der Waals surface area contributed by atoms with Crippen molar-refractivity contribution in [3.63, 3.8) is 0 Å². The zero-order chi connectivity index (χ0) is 23.8. The van der Waals surface area contributed by atoms with Gasteiger partial charge in [-0.25, -0.2) is 4.98 Å². The lowest BCUT2D eigenvalue weighted by atomic mass is 10.2. The van der Waals surface area contributed by atoms with Crippen molar-refractivity contribution in [2.45, 2.75) is 33.4 Å². The largest absolute Gasteiger partial charge is 0.459 e. The van der Waals surface area contributed by atoms with Crippen LogP contribution in [0.2, 0.25) is 0 Å². The summed E-state index contributed by atoms with van der Waals surface area (Å²) in [6, 6.07) is 9.63. The zero-order valence-corrected chi connectivity index (χ0v) is 20.5. The molecule has 0 radical (unpaired) electrons. The van der Waals surface area contributed by atoms with E-state index in [0.29, 0.717) is 24.3 Å². The summed E-state index contributed by atoms with van der Waals surface area (Å²) in [6.45, 7) is 10.1. The van der Waals surface area contributed by atoms with Gasteiger partial charge in [-0.15, -0.1) is 11.3 Å². The molecule has 1 fully saturated rings. The van der Waals surface area contributed by atoms with E-state index in [4.69, 9.17) is 9.40 Å². The molecule has 0 spiro atoms. The van der Waals surface area contributed by atoms with E-state index >= 15 is 0 Å². The molecule has 1 aromatic carbocycles. The van der Waals surface area contributed by atoms with Crippen LogP contribution in [0.5, 0.6) is 0 Å². The first kappa shape index (κ1) is 22.8. The van der Waals surface area contributed by atoms with Gasteiger partial charge in [-0.1, -0.05) is 18.2 Å². The van der Waals surface area contributed by atoms with Crippen LogP contribution in [0.4, 0.5) is 0 Å². The van der Waals surface area contributed by atoms with Crippen molar-refractivity contribution in [3.05, 3.63) is 62.7 Å². The molecule has 4 heterocycles. The molecule has 5 rings (SSSR count).